The van der Waals surface area contributed by atoms with Gasteiger partial charge in [0.15, 0.2) is 5.82 Å². The zero-order valence-electron chi connectivity index (χ0n) is 12.0. The van der Waals surface area contributed by atoms with Gasteiger partial charge in [0.25, 0.3) is 0 Å². The summed E-state index contributed by atoms with van der Waals surface area (Å²) in [5.41, 5.74) is 1.92. The molecule has 3 aromatic heterocycles. The molecule has 0 amide bonds. The molecule has 1 aromatic carbocycles. The van der Waals surface area contributed by atoms with Crippen molar-refractivity contribution in [2.24, 2.45) is 0 Å². The SMILES string of the molecule is COc1ccc(-c2nn3c(-c4ccoc4C)nnc3s2)cc1. The summed E-state index contributed by atoms with van der Waals surface area (Å²) in [4.78, 5) is 0.751. The number of aryl methyl sites for hydroxylation is 1. The van der Waals surface area contributed by atoms with Crippen LogP contribution in [0.3, 0.4) is 0 Å². The van der Waals surface area contributed by atoms with E-state index in [1.165, 1.54) is 11.3 Å². The van der Waals surface area contributed by atoms with Crippen LogP contribution >= 0.6 is 11.3 Å². The molecule has 0 atom stereocenters. The number of methoxy groups -OCH3 is 1. The van der Waals surface area contributed by atoms with Crippen molar-refractivity contribution in [2.75, 3.05) is 7.11 Å². The largest absolute Gasteiger partial charge is 0.497 e. The molecule has 0 N–H and O–H groups in total. The van der Waals surface area contributed by atoms with Crippen molar-refractivity contribution < 1.29 is 9.15 Å². The van der Waals surface area contributed by atoms with Crippen LogP contribution in [0.15, 0.2) is 41.0 Å². The zero-order valence-corrected chi connectivity index (χ0v) is 12.8. The van der Waals surface area contributed by atoms with E-state index in [1.807, 2.05) is 37.3 Å². The molecule has 6 nitrogen and oxygen atoms in total. The number of ether oxygens (including phenoxy) is 1. The van der Waals surface area contributed by atoms with Gasteiger partial charge in [-0.25, -0.2) is 0 Å². The number of fused-ring (bicyclic) bond motifs is 1. The Hall–Kier alpha value is -2.67. The maximum Gasteiger partial charge on any atom is 0.235 e. The first kappa shape index (κ1) is 13.0. The number of furan rings is 1. The first-order valence-electron chi connectivity index (χ1n) is 6.67. The highest BCUT2D eigenvalue weighted by molar-refractivity contribution is 7.19. The van der Waals surface area contributed by atoms with Crippen molar-refractivity contribution in [1.29, 1.82) is 0 Å². The number of benzene rings is 1. The monoisotopic (exact) mass is 312 g/mol. The third-order valence-electron chi connectivity index (χ3n) is 3.43. The fraction of sp³-hybridized carbons (Fsp3) is 0.133. The number of hydrogen-bond donors (Lipinski definition) is 0. The van der Waals surface area contributed by atoms with Gasteiger partial charge in [-0.1, -0.05) is 11.3 Å². The Balaban J connectivity index is 1.81. The molecule has 0 spiro atoms. The maximum absolute atomic E-state index is 5.33. The van der Waals surface area contributed by atoms with Crippen LogP contribution in [-0.2, 0) is 0 Å². The Morgan fingerprint density at radius 3 is 2.64 bits per heavy atom. The molecule has 0 fully saturated rings. The summed E-state index contributed by atoms with van der Waals surface area (Å²) in [7, 11) is 1.65. The minimum absolute atomic E-state index is 0.692. The molecule has 0 unspecified atom stereocenters. The lowest BCUT2D eigenvalue weighted by molar-refractivity contribution is 0.415. The van der Waals surface area contributed by atoms with Crippen LogP contribution in [0, 0.1) is 6.92 Å². The van der Waals surface area contributed by atoms with Gasteiger partial charge in [0.2, 0.25) is 4.96 Å². The molecule has 0 saturated heterocycles. The first-order valence-corrected chi connectivity index (χ1v) is 7.49. The van der Waals surface area contributed by atoms with E-state index in [2.05, 4.69) is 15.3 Å². The third-order valence-corrected chi connectivity index (χ3v) is 4.38. The van der Waals surface area contributed by atoms with Crippen LogP contribution in [0.1, 0.15) is 5.76 Å². The molecule has 7 heteroatoms. The highest BCUT2D eigenvalue weighted by Gasteiger charge is 2.17. The van der Waals surface area contributed by atoms with Gasteiger partial charge in [0.1, 0.15) is 16.5 Å². The van der Waals surface area contributed by atoms with Gasteiger partial charge in [0, 0.05) is 5.56 Å². The molecule has 4 aromatic rings. The average molecular weight is 312 g/mol. The lowest BCUT2D eigenvalue weighted by Gasteiger charge is -1.99. The van der Waals surface area contributed by atoms with Crippen molar-refractivity contribution in [3.8, 4) is 27.7 Å². The molecule has 0 aliphatic carbocycles. The standard InChI is InChI=1S/C15H12N4O2S/c1-9-12(7-8-21-9)13-16-17-15-19(13)18-14(22-15)10-3-5-11(20-2)6-4-10/h3-8H,1-2H3. The van der Waals surface area contributed by atoms with E-state index in [4.69, 9.17) is 9.15 Å². The third kappa shape index (κ3) is 1.98. The van der Waals surface area contributed by atoms with Gasteiger partial charge in [-0.2, -0.15) is 9.61 Å². The van der Waals surface area contributed by atoms with Gasteiger partial charge in [-0.3, -0.25) is 0 Å². The predicted molar refractivity (Wildman–Crippen MR) is 83.1 cm³/mol. The van der Waals surface area contributed by atoms with Crippen molar-refractivity contribution in [3.63, 3.8) is 0 Å². The maximum atomic E-state index is 5.33. The molecule has 110 valence electrons. The molecule has 4 rings (SSSR count). The fourth-order valence-electron chi connectivity index (χ4n) is 2.25. The van der Waals surface area contributed by atoms with E-state index in [1.54, 1.807) is 17.9 Å². The topological polar surface area (TPSA) is 65.5 Å². The van der Waals surface area contributed by atoms with Gasteiger partial charge in [-0.15, -0.1) is 10.2 Å². The minimum Gasteiger partial charge on any atom is -0.497 e. The van der Waals surface area contributed by atoms with Crippen LogP contribution in [0.5, 0.6) is 5.75 Å². The van der Waals surface area contributed by atoms with Crippen molar-refractivity contribution in [3.05, 3.63) is 42.4 Å². The molecular formula is C15H12N4O2S. The summed E-state index contributed by atoms with van der Waals surface area (Å²) in [6.45, 7) is 1.90. The zero-order chi connectivity index (χ0) is 15.1. The normalized spacial score (nSPS) is 11.2. The van der Waals surface area contributed by atoms with Gasteiger partial charge in [-0.05, 0) is 37.3 Å². The van der Waals surface area contributed by atoms with Gasteiger partial charge < -0.3 is 9.15 Å². The summed E-state index contributed by atoms with van der Waals surface area (Å²) in [6, 6.07) is 9.66. The van der Waals surface area contributed by atoms with E-state index >= 15 is 0 Å². The Bertz CT molecular complexity index is 936. The second-order valence-electron chi connectivity index (χ2n) is 4.74. The van der Waals surface area contributed by atoms with Crippen LogP contribution in [0.4, 0.5) is 0 Å². The number of nitrogens with zero attached hydrogens (tertiary/aromatic N) is 4. The van der Waals surface area contributed by atoms with E-state index < -0.39 is 0 Å². The Kier molecular flexibility index (Phi) is 2.93. The summed E-state index contributed by atoms with van der Waals surface area (Å²) in [6.07, 6.45) is 1.64. The lowest BCUT2D eigenvalue weighted by atomic mass is 10.2. The Labute approximate surface area is 130 Å². The van der Waals surface area contributed by atoms with Crippen molar-refractivity contribution in [2.45, 2.75) is 6.92 Å². The molecule has 0 aliphatic rings. The van der Waals surface area contributed by atoms with E-state index in [0.29, 0.717) is 5.82 Å². The van der Waals surface area contributed by atoms with Gasteiger partial charge >= 0.3 is 0 Å². The fourth-order valence-corrected chi connectivity index (χ4v) is 3.10. The summed E-state index contributed by atoms with van der Waals surface area (Å²) >= 11 is 1.49. The molecule has 0 radical (unpaired) electrons. The quantitative estimate of drug-likeness (QED) is 0.580. The Morgan fingerprint density at radius 1 is 1.14 bits per heavy atom. The summed E-state index contributed by atoms with van der Waals surface area (Å²) in [5, 5.41) is 13.9. The second-order valence-corrected chi connectivity index (χ2v) is 5.70. The van der Waals surface area contributed by atoms with Crippen molar-refractivity contribution >= 4 is 16.3 Å². The molecule has 0 bridgehead atoms. The highest BCUT2D eigenvalue weighted by atomic mass is 32.1. The van der Waals surface area contributed by atoms with Crippen LogP contribution in [0.2, 0.25) is 0 Å². The minimum atomic E-state index is 0.692. The predicted octanol–water partition coefficient (Wildman–Crippen LogP) is 3.43. The van der Waals surface area contributed by atoms with E-state index in [9.17, 15) is 0 Å². The summed E-state index contributed by atoms with van der Waals surface area (Å²) < 4.78 is 12.3. The van der Waals surface area contributed by atoms with E-state index in [0.717, 1.165) is 32.6 Å². The summed E-state index contributed by atoms with van der Waals surface area (Å²) in [5.74, 6) is 2.31. The van der Waals surface area contributed by atoms with Crippen LogP contribution in [-0.4, -0.2) is 26.9 Å². The second kappa shape index (κ2) is 4.96. The van der Waals surface area contributed by atoms with Gasteiger partial charge in [0.05, 0.1) is 18.9 Å². The first-order chi connectivity index (χ1) is 10.8. The lowest BCUT2D eigenvalue weighted by Crippen LogP contribution is -1.91. The van der Waals surface area contributed by atoms with Crippen molar-refractivity contribution in [1.82, 2.24) is 19.8 Å². The smallest absolute Gasteiger partial charge is 0.235 e. The molecule has 0 saturated carbocycles. The molecule has 0 aliphatic heterocycles. The molecular weight excluding hydrogens is 300 g/mol. The average Bonchev–Trinajstić information content (AvgIpc) is 3.22. The number of rotatable bonds is 3. The van der Waals surface area contributed by atoms with Crippen LogP contribution < -0.4 is 4.74 Å². The Morgan fingerprint density at radius 2 is 1.95 bits per heavy atom. The number of hydrogen-bond acceptors (Lipinski definition) is 6. The van der Waals surface area contributed by atoms with Crippen LogP contribution in [0.25, 0.3) is 26.9 Å². The molecule has 22 heavy (non-hydrogen) atoms. The van der Waals surface area contributed by atoms with E-state index in [-0.39, 0.29) is 0 Å². The number of aromatic nitrogens is 4. The molecule has 3 heterocycles. The highest BCUT2D eigenvalue weighted by Crippen LogP contribution is 2.30.